The number of anilines is 1. The number of hydrogen-bond donors (Lipinski definition) is 0. The molecule has 0 spiro atoms. The molecule has 1 rings (SSSR count). The summed E-state index contributed by atoms with van der Waals surface area (Å²) in [6.07, 6.45) is 3.63. The SMILES string of the molecule is COc1cc(N(C)CCCCCBr)nc(C)n1. The van der Waals surface area contributed by atoms with Crippen LogP contribution in [0, 0.1) is 6.92 Å². The molecule has 0 aliphatic carbocycles. The van der Waals surface area contributed by atoms with Crippen molar-refractivity contribution >= 4 is 21.7 Å². The molecule has 1 heterocycles. The lowest BCUT2D eigenvalue weighted by Crippen LogP contribution is -2.20. The number of aromatic nitrogens is 2. The van der Waals surface area contributed by atoms with Crippen molar-refractivity contribution in [2.75, 3.05) is 30.9 Å². The highest BCUT2D eigenvalue weighted by Gasteiger charge is 2.06. The highest BCUT2D eigenvalue weighted by molar-refractivity contribution is 9.09. The highest BCUT2D eigenvalue weighted by Crippen LogP contribution is 2.16. The molecule has 1 aromatic rings. The predicted octanol–water partition coefficient (Wildman–Crippen LogP) is 2.80. The Kier molecular flexibility index (Phi) is 6.26. The van der Waals surface area contributed by atoms with E-state index in [1.54, 1.807) is 7.11 Å². The number of methoxy groups -OCH3 is 1. The van der Waals surface area contributed by atoms with Crippen molar-refractivity contribution < 1.29 is 4.74 Å². The lowest BCUT2D eigenvalue weighted by Gasteiger charge is -2.18. The molecule has 0 aliphatic rings. The summed E-state index contributed by atoms with van der Waals surface area (Å²) in [6, 6.07) is 1.87. The van der Waals surface area contributed by atoms with Crippen molar-refractivity contribution in [1.29, 1.82) is 0 Å². The summed E-state index contributed by atoms with van der Waals surface area (Å²) < 4.78 is 5.14. The number of nitrogens with zero attached hydrogens (tertiary/aromatic N) is 3. The lowest BCUT2D eigenvalue weighted by atomic mass is 10.2. The fourth-order valence-corrected chi connectivity index (χ4v) is 1.96. The Labute approximate surface area is 112 Å². The van der Waals surface area contributed by atoms with Crippen LogP contribution >= 0.6 is 15.9 Å². The normalized spacial score (nSPS) is 10.4. The van der Waals surface area contributed by atoms with Crippen molar-refractivity contribution in [3.63, 3.8) is 0 Å². The molecule has 17 heavy (non-hydrogen) atoms. The van der Waals surface area contributed by atoms with Gasteiger partial charge in [0.25, 0.3) is 0 Å². The second-order valence-electron chi connectivity index (χ2n) is 3.99. The number of alkyl halides is 1. The van der Waals surface area contributed by atoms with Gasteiger partial charge in [0.05, 0.1) is 7.11 Å². The summed E-state index contributed by atoms with van der Waals surface area (Å²) in [6.45, 7) is 2.89. The van der Waals surface area contributed by atoms with E-state index in [0.717, 1.165) is 23.5 Å². The zero-order valence-electron chi connectivity index (χ0n) is 10.7. The second-order valence-corrected chi connectivity index (χ2v) is 4.78. The Balaban J connectivity index is 2.55. The van der Waals surface area contributed by atoms with Crippen molar-refractivity contribution in [3.05, 3.63) is 11.9 Å². The highest BCUT2D eigenvalue weighted by atomic mass is 79.9. The molecular formula is C12H20BrN3O. The molecule has 0 saturated heterocycles. The number of rotatable bonds is 7. The van der Waals surface area contributed by atoms with Crippen LogP contribution in [-0.4, -0.2) is 36.0 Å². The quantitative estimate of drug-likeness (QED) is 0.573. The first kappa shape index (κ1) is 14.2. The summed E-state index contributed by atoms with van der Waals surface area (Å²) in [4.78, 5) is 10.7. The molecule has 0 amide bonds. The van der Waals surface area contributed by atoms with Gasteiger partial charge in [0, 0.05) is 25.0 Å². The fourth-order valence-electron chi connectivity index (χ4n) is 1.56. The maximum absolute atomic E-state index is 5.14. The van der Waals surface area contributed by atoms with Gasteiger partial charge in [0.15, 0.2) is 0 Å². The maximum atomic E-state index is 5.14. The van der Waals surface area contributed by atoms with Crippen LogP contribution in [0.15, 0.2) is 6.07 Å². The third kappa shape index (κ3) is 4.89. The molecule has 96 valence electrons. The lowest BCUT2D eigenvalue weighted by molar-refractivity contribution is 0.395. The van der Waals surface area contributed by atoms with Crippen molar-refractivity contribution in [2.24, 2.45) is 0 Å². The molecular weight excluding hydrogens is 282 g/mol. The van der Waals surface area contributed by atoms with Gasteiger partial charge in [0.2, 0.25) is 5.88 Å². The molecule has 1 aromatic heterocycles. The molecule has 0 fully saturated rings. The number of halogens is 1. The fraction of sp³-hybridized carbons (Fsp3) is 0.667. The van der Waals surface area contributed by atoms with Gasteiger partial charge in [-0.25, -0.2) is 4.98 Å². The molecule has 0 N–H and O–H groups in total. The van der Waals surface area contributed by atoms with Gasteiger partial charge in [-0.3, -0.25) is 0 Å². The molecule has 0 unspecified atom stereocenters. The van der Waals surface area contributed by atoms with Crippen molar-refractivity contribution in [1.82, 2.24) is 9.97 Å². The first-order chi connectivity index (χ1) is 8.17. The Morgan fingerprint density at radius 1 is 1.29 bits per heavy atom. The maximum Gasteiger partial charge on any atom is 0.218 e. The van der Waals surface area contributed by atoms with E-state index in [4.69, 9.17) is 4.74 Å². The van der Waals surface area contributed by atoms with Crippen LogP contribution < -0.4 is 9.64 Å². The Morgan fingerprint density at radius 2 is 2.06 bits per heavy atom. The number of aryl methyl sites for hydroxylation is 1. The first-order valence-corrected chi connectivity index (χ1v) is 6.96. The average molecular weight is 302 g/mol. The van der Waals surface area contributed by atoms with E-state index >= 15 is 0 Å². The first-order valence-electron chi connectivity index (χ1n) is 5.84. The molecule has 0 bridgehead atoms. The predicted molar refractivity (Wildman–Crippen MR) is 74.2 cm³/mol. The van der Waals surface area contributed by atoms with Gasteiger partial charge in [-0.2, -0.15) is 4.98 Å². The van der Waals surface area contributed by atoms with E-state index in [1.165, 1.54) is 19.3 Å². The molecule has 0 saturated carbocycles. The van der Waals surface area contributed by atoms with Crippen LogP contribution in [-0.2, 0) is 0 Å². The average Bonchev–Trinajstić information content (AvgIpc) is 2.33. The zero-order valence-corrected chi connectivity index (χ0v) is 12.3. The topological polar surface area (TPSA) is 38.2 Å². The van der Waals surface area contributed by atoms with Crippen LogP contribution in [0.2, 0.25) is 0 Å². The van der Waals surface area contributed by atoms with E-state index in [-0.39, 0.29) is 0 Å². The minimum atomic E-state index is 0.625. The summed E-state index contributed by atoms with van der Waals surface area (Å²) in [7, 11) is 3.68. The van der Waals surface area contributed by atoms with Crippen molar-refractivity contribution in [3.8, 4) is 5.88 Å². The van der Waals surface area contributed by atoms with Gasteiger partial charge in [-0.05, 0) is 19.8 Å². The number of ether oxygens (including phenoxy) is 1. The minimum Gasteiger partial charge on any atom is -0.481 e. The smallest absolute Gasteiger partial charge is 0.218 e. The Morgan fingerprint density at radius 3 is 2.71 bits per heavy atom. The molecule has 5 heteroatoms. The molecule has 4 nitrogen and oxygen atoms in total. The van der Waals surface area contributed by atoms with E-state index in [9.17, 15) is 0 Å². The zero-order chi connectivity index (χ0) is 12.7. The van der Waals surface area contributed by atoms with Crippen LogP contribution in [0.1, 0.15) is 25.1 Å². The molecule has 0 radical (unpaired) electrons. The monoisotopic (exact) mass is 301 g/mol. The summed E-state index contributed by atoms with van der Waals surface area (Å²) in [5.41, 5.74) is 0. The van der Waals surface area contributed by atoms with E-state index in [2.05, 4.69) is 37.8 Å². The Hall–Kier alpha value is -0.840. The van der Waals surface area contributed by atoms with Gasteiger partial charge in [-0.1, -0.05) is 22.4 Å². The second kappa shape index (κ2) is 7.48. The van der Waals surface area contributed by atoms with Crippen LogP contribution in [0.3, 0.4) is 0 Å². The van der Waals surface area contributed by atoms with Crippen LogP contribution in [0.4, 0.5) is 5.82 Å². The van der Waals surface area contributed by atoms with Crippen molar-refractivity contribution in [2.45, 2.75) is 26.2 Å². The molecule has 0 aromatic carbocycles. The minimum absolute atomic E-state index is 0.625. The Bertz CT molecular complexity index is 347. The number of unbranched alkanes of at least 4 members (excludes halogenated alkanes) is 2. The summed E-state index contributed by atoms with van der Waals surface area (Å²) in [5.74, 6) is 2.29. The van der Waals surface area contributed by atoms with Gasteiger partial charge < -0.3 is 9.64 Å². The van der Waals surface area contributed by atoms with E-state index < -0.39 is 0 Å². The summed E-state index contributed by atoms with van der Waals surface area (Å²) >= 11 is 3.44. The third-order valence-electron chi connectivity index (χ3n) is 2.53. The molecule has 0 aliphatic heterocycles. The standard InChI is InChI=1S/C12H20BrN3O/c1-10-14-11(9-12(15-10)17-3)16(2)8-6-4-5-7-13/h9H,4-8H2,1-3H3. The van der Waals surface area contributed by atoms with Crippen LogP contribution in [0.25, 0.3) is 0 Å². The number of hydrogen-bond acceptors (Lipinski definition) is 4. The van der Waals surface area contributed by atoms with Gasteiger partial charge in [-0.15, -0.1) is 0 Å². The van der Waals surface area contributed by atoms with E-state index in [0.29, 0.717) is 5.88 Å². The van der Waals surface area contributed by atoms with E-state index in [1.807, 2.05) is 13.0 Å². The largest absolute Gasteiger partial charge is 0.481 e. The third-order valence-corrected chi connectivity index (χ3v) is 3.09. The summed E-state index contributed by atoms with van der Waals surface area (Å²) in [5, 5.41) is 1.08. The van der Waals surface area contributed by atoms with Gasteiger partial charge in [0.1, 0.15) is 11.6 Å². The molecule has 0 atom stereocenters. The van der Waals surface area contributed by atoms with Crippen LogP contribution in [0.5, 0.6) is 5.88 Å². The van der Waals surface area contributed by atoms with Gasteiger partial charge >= 0.3 is 0 Å².